The van der Waals surface area contributed by atoms with E-state index in [1.54, 1.807) is 12.1 Å². The molecule has 1 atom stereocenters. The van der Waals surface area contributed by atoms with Crippen molar-refractivity contribution in [3.05, 3.63) is 41.0 Å². The Balaban J connectivity index is 1.59. The SMILES string of the molecule is Cc1c(C(N)=O)cc(-c2csc(-c3ccc(OCC(F)(F)F)nc3)n2)n1CC1CCCO1. The number of aromatic nitrogens is 3. The largest absolute Gasteiger partial charge is 0.468 e. The lowest BCUT2D eigenvalue weighted by molar-refractivity contribution is -0.154. The fourth-order valence-electron chi connectivity index (χ4n) is 3.61. The van der Waals surface area contributed by atoms with Crippen molar-refractivity contribution in [3.8, 4) is 27.8 Å². The lowest BCUT2D eigenvalue weighted by Gasteiger charge is -2.15. The number of amides is 1. The molecule has 1 unspecified atom stereocenters. The lowest BCUT2D eigenvalue weighted by atomic mass is 10.2. The molecule has 3 aromatic heterocycles. The van der Waals surface area contributed by atoms with Gasteiger partial charge in [0, 0.05) is 42.1 Å². The second-order valence-corrected chi connectivity index (χ2v) is 8.32. The van der Waals surface area contributed by atoms with Gasteiger partial charge < -0.3 is 19.8 Å². The summed E-state index contributed by atoms with van der Waals surface area (Å²) in [6, 6.07) is 4.71. The summed E-state index contributed by atoms with van der Waals surface area (Å²) >= 11 is 1.36. The third-order valence-corrected chi connectivity index (χ3v) is 6.07. The van der Waals surface area contributed by atoms with Gasteiger partial charge in [0.25, 0.3) is 5.91 Å². The molecule has 0 radical (unpaired) electrons. The minimum absolute atomic E-state index is 0.0622. The van der Waals surface area contributed by atoms with Gasteiger partial charge in [0.05, 0.1) is 23.1 Å². The summed E-state index contributed by atoms with van der Waals surface area (Å²) in [4.78, 5) is 20.5. The Bertz CT molecular complexity index is 1100. The molecule has 32 heavy (non-hydrogen) atoms. The number of hydrogen-bond acceptors (Lipinski definition) is 6. The highest BCUT2D eigenvalue weighted by molar-refractivity contribution is 7.13. The number of hydrogen-bond donors (Lipinski definition) is 1. The van der Waals surface area contributed by atoms with Crippen molar-refractivity contribution in [2.45, 2.75) is 38.6 Å². The first kappa shape index (κ1) is 22.3. The van der Waals surface area contributed by atoms with Crippen LogP contribution in [0.25, 0.3) is 22.0 Å². The van der Waals surface area contributed by atoms with Crippen LogP contribution in [0.5, 0.6) is 5.88 Å². The van der Waals surface area contributed by atoms with Gasteiger partial charge in [-0.2, -0.15) is 13.2 Å². The molecule has 0 saturated carbocycles. The maximum absolute atomic E-state index is 12.3. The zero-order valence-corrected chi connectivity index (χ0v) is 18.0. The van der Waals surface area contributed by atoms with E-state index in [0.29, 0.717) is 28.4 Å². The second kappa shape index (κ2) is 8.91. The molecule has 0 bridgehead atoms. The van der Waals surface area contributed by atoms with Crippen LogP contribution in [0.15, 0.2) is 29.8 Å². The quantitative estimate of drug-likeness (QED) is 0.563. The maximum Gasteiger partial charge on any atom is 0.422 e. The van der Waals surface area contributed by atoms with Crippen LogP contribution in [-0.4, -0.2) is 45.9 Å². The van der Waals surface area contributed by atoms with Crippen molar-refractivity contribution in [2.24, 2.45) is 5.73 Å². The predicted molar refractivity (Wildman–Crippen MR) is 113 cm³/mol. The van der Waals surface area contributed by atoms with E-state index in [1.807, 2.05) is 16.9 Å². The Morgan fingerprint density at radius 3 is 2.84 bits per heavy atom. The maximum atomic E-state index is 12.3. The zero-order valence-electron chi connectivity index (χ0n) is 17.2. The van der Waals surface area contributed by atoms with Gasteiger partial charge in [-0.15, -0.1) is 11.3 Å². The van der Waals surface area contributed by atoms with Crippen molar-refractivity contribution >= 4 is 17.2 Å². The van der Waals surface area contributed by atoms with E-state index in [0.717, 1.165) is 30.8 Å². The molecular formula is C21H21F3N4O3S. The van der Waals surface area contributed by atoms with Gasteiger partial charge in [0.1, 0.15) is 5.01 Å². The zero-order chi connectivity index (χ0) is 22.9. The van der Waals surface area contributed by atoms with E-state index < -0.39 is 18.7 Å². The summed E-state index contributed by atoms with van der Waals surface area (Å²) in [5, 5.41) is 2.49. The van der Waals surface area contributed by atoms with Crippen LogP contribution in [0.2, 0.25) is 0 Å². The number of nitrogens with two attached hydrogens (primary N) is 1. The number of nitrogens with zero attached hydrogens (tertiary/aromatic N) is 3. The minimum atomic E-state index is -4.43. The summed E-state index contributed by atoms with van der Waals surface area (Å²) < 4.78 is 49.3. The highest BCUT2D eigenvalue weighted by Gasteiger charge is 2.28. The fourth-order valence-corrected chi connectivity index (χ4v) is 4.41. The molecule has 1 fully saturated rings. The number of carbonyl (C=O) groups is 1. The van der Waals surface area contributed by atoms with Gasteiger partial charge >= 0.3 is 6.18 Å². The van der Waals surface area contributed by atoms with Gasteiger partial charge in [-0.05, 0) is 31.9 Å². The highest BCUT2D eigenvalue weighted by atomic mass is 32.1. The van der Waals surface area contributed by atoms with Crippen LogP contribution in [0.3, 0.4) is 0 Å². The van der Waals surface area contributed by atoms with Crippen LogP contribution in [0, 0.1) is 6.92 Å². The van der Waals surface area contributed by atoms with E-state index >= 15 is 0 Å². The van der Waals surface area contributed by atoms with Gasteiger partial charge in [-0.3, -0.25) is 4.79 Å². The molecule has 0 aliphatic carbocycles. The molecule has 1 amide bonds. The topological polar surface area (TPSA) is 92.3 Å². The number of alkyl halides is 3. The Hall–Kier alpha value is -2.92. The van der Waals surface area contributed by atoms with Gasteiger partial charge in [-0.25, -0.2) is 9.97 Å². The number of pyridine rings is 1. The lowest BCUT2D eigenvalue weighted by Crippen LogP contribution is -2.19. The highest BCUT2D eigenvalue weighted by Crippen LogP contribution is 2.32. The van der Waals surface area contributed by atoms with Crippen molar-refractivity contribution in [1.82, 2.24) is 14.5 Å². The summed E-state index contributed by atoms with van der Waals surface area (Å²) in [6.07, 6.45) is -1.00. The van der Waals surface area contributed by atoms with E-state index in [4.69, 9.17) is 10.5 Å². The van der Waals surface area contributed by atoms with E-state index in [1.165, 1.54) is 23.6 Å². The molecule has 1 aliphatic heterocycles. The Labute approximate surface area is 186 Å². The van der Waals surface area contributed by atoms with Crippen molar-refractivity contribution < 1.29 is 27.4 Å². The third kappa shape index (κ3) is 4.94. The Morgan fingerprint density at radius 2 is 2.22 bits per heavy atom. The summed E-state index contributed by atoms with van der Waals surface area (Å²) in [7, 11) is 0. The summed E-state index contributed by atoms with van der Waals surface area (Å²) in [5.74, 6) is -0.626. The summed E-state index contributed by atoms with van der Waals surface area (Å²) in [5.41, 5.74) is 8.80. The molecule has 4 rings (SSSR count). The smallest absolute Gasteiger partial charge is 0.422 e. The van der Waals surface area contributed by atoms with E-state index in [2.05, 4.69) is 14.7 Å². The van der Waals surface area contributed by atoms with E-state index in [-0.39, 0.29) is 12.0 Å². The van der Waals surface area contributed by atoms with Crippen molar-refractivity contribution in [3.63, 3.8) is 0 Å². The second-order valence-electron chi connectivity index (χ2n) is 7.47. The molecule has 0 spiro atoms. The van der Waals surface area contributed by atoms with Crippen LogP contribution in [-0.2, 0) is 11.3 Å². The van der Waals surface area contributed by atoms with Gasteiger partial charge in [0.15, 0.2) is 6.61 Å². The molecule has 0 aromatic carbocycles. The van der Waals surface area contributed by atoms with Gasteiger partial charge in [0.2, 0.25) is 5.88 Å². The van der Waals surface area contributed by atoms with Crippen LogP contribution in [0.4, 0.5) is 13.2 Å². The average molecular weight is 466 g/mol. The number of primary amides is 1. The minimum Gasteiger partial charge on any atom is -0.468 e. The third-order valence-electron chi connectivity index (χ3n) is 5.18. The molecule has 4 heterocycles. The monoisotopic (exact) mass is 466 g/mol. The summed E-state index contributed by atoms with van der Waals surface area (Å²) in [6.45, 7) is 1.76. The number of thiazole rings is 1. The standard InChI is InChI=1S/C21H21F3N4O3S/c1-12-15(19(25)29)7-17(28(12)9-14-3-2-6-30-14)16-10-32-20(27-16)13-4-5-18(26-8-13)31-11-21(22,23)24/h4-5,7-8,10,14H,2-3,6,9,11H2,1H3,(H2,25,29). The fraction of sp³-hybridized carbons (Fsp3) is 0.381. The Kier molecular flexibility index (Phi) is 6.20. The number of halogens is 3. The first-order valence-electron chi connectivity index (χ1n) is 9.94. The number of ether oxygens (including phenoxy) is 2. The average Bonchev–Trinajstić information content (AvgIpc) is 3.48. The van der Waals surface area contributed by atoms with Crippen molar-refractivity contribution in [1.29, 1.82) is 0 Å². The first-order chi connectivity index (χ1) is 15.2. The number of carbonyl (C=O) groups excluding carboxylic acids is 1. The van der Waals surface area contributed by atoms with Crippen LogP contribution >= 0.6 is 11.3 Å². The first-order valence-corrected chi connectivity index (χ1v) is 10.8. The van der Waals surface area contributed by atoms with Crippen molar-refractivity contribution in [2.75, 3.05) is 13.2 Å². The molecular weight excluding hydrogens is 445 g/mol. The predicted octanol–water partition coefficient (Wildman–Crippen LogP) is 4.20. The van der Waals surface area contributed by atoms with Gasteiger partial charge in [-0.1, -0.05) is 0 Å². The molecule has 170 valence electrons. The Morgan fingerprint density at radius 1 is 1.41 bits per heavy atom. The molecule has 7 nitrogen and oxygen atoms in total. The molecule has 3 aromatic rings. The van der Waals surface area contributed by atoms with E-state index in [9.17, 15) is 18.0 Å². The molecule has 11 heteroatoms. The number of rotatable bonds is 7. The molecule has 1 aliphatic rings. The molecule has 1 saturated heterocycles. The molecule has 2 N–H and O–H groups in total. The normalized spacial score (nSPS) is 16.4. The van der Waals surface area contributed by atoms with Crippen LogP contribution in [0.1, 0.15) is 28.9 Å². The van der Waals surface area contributed by atoms with Crippen LogP contribution < -0.4 is 10.5 Å².